The Morgan fingerprint density at radius 2 is 1.59 bits per heavy atom. The molecule has 0 radical (unpaired) electrons. The predicted octanol–water partition coefficient (Wildman–Crippen LogP) is 3.37. The second-order valence-electron chi connectivity index (χ2n) is 5.99. The summed E-state index contributed by atoms with van der Waals surface area (Å²) in [7, 11) is -3.60. The Balaban J connectivity index is 4.68. The summed E-state index contributed by atoms with van der Waals surface area (Å²) >= 11 is 0. The Bertz CT molecular complexity index is 290. The number of rotatable bonds is 6. The highest BCUT2D eigenvalue weighted by Gasteiger charge is 2.24. The highest BCUT2D eigenvalue weighted by atomic mass is 28.4. The highest BCUT2D eigenvalue weighted by Crippen LogP contribution is 2.08. The molecule has 4 nitrogen and oxygen atoms in total. The SMILES string of the molecule is CCC/C(=N\O[Si](C)(C)C)C(=O)O[Si](C)(C)C. The minimum atomic E-state index is -1.86. The number of carbonyl (C=O) groups excluding carboxylic acids is 1. The highest BCUT2D eigenvalue weighted by molar-refractivity contribution is 6.72. The van der Waals surface area contributed by atoms with Crippen molar-refractivity contribution in [2.24, 2.45) is 5.16 Å². The van der Waals surface area contributed by atoms with Crippen molar-refractivity contribution in [1.82, 2.24) is 0 Å². The van der Waals surface area contributed by atoms with Crippen molar-refractivity contribution in [3.63, 3.8) is 0 Å². The molecule has 0 aromatic carbocycles. The summed E-state index contributed by atoms with van der Waals surface area (Å²) in [6.45, 7) is 14.0. The minimum Gasteiger partial charge on any atom is -0.515 e. The van der Waals surface area contributed by atoms with Gasteiger partial charge < -0.3 is 8.95 Å². The van der Waals surface area contributed by atoms with E-state index in [1.807, 2.05) is 46.2 Å². The first-order valence-electron chi connectivity index (χ1n) is 6.03. The van der Waals surface area contributed by atoms with Crippen LogP contribution < -0.4 is 0 Å². The Morgan fingerprint density at radius 3 is 1.94 bits per heavy atom. The van der Waals surface area contributed by atoms with Crippen molar-refractivity contribution >= 4 is 28.3 Å². The summed E-state index contributed by atoms with van der Waals surface area (Å²) in [5.41, 5.74) is 0.414. The molecular weight excluding hydrogens is 250 g/mol. The maximum absolute atomic E-state index is 11.9. The summed E-state index contributed by atoms with van der Waals surface area (Å²) in [6.07, 6.45) is 1.46. The van der Waals surface area contributed by atoms with Gasteiger partial charge in [0.1, 0.15) is 0 Å². The molecule has 0 saturated heterocycles. The van der Waals surface area contributed by atoms with E-state index in [9.17, 15) is 4.79 Å². The van der Waals surface area contributed by atoms with Crippen molar-refractivity contribution in [3.8, 4) is 0 Å². The normalized spacial score (nSPS) is 13.5. The van der Waals surface area contributed by atoms with Crippen LogP contribution in [0.5, 0.6) is 0 Å². The smallest absolute Gasteiger partial charge is 0.342 e. The van der Waals surface area contributed by atoms with Crippen molar-refractivity contribution in [2.75, 3.05) is 0 Å². The van der Waals surface area contributed by atoms with Gasteiger partial charge >= 0.3 is 5.97 Å². The van der Waals surface area contributed by atoms with Crippen LogP contribution in [0.1, 0.15) is 19.8 Å². The predicted molar refractivity (Wildman–Crippen MR) is 76.2 cm³/mol. The van der Waals surface area contributed by atoms with Crippen LogP contribution in [0, 0.1) is 0 Å². The van der Waals surface area contributed by atoms with Crippen molar-refractivity contribution in [3.05, 3.63) is 0 Å². The Morgan fingerprint density at radius 1 is 1.06 bits per heavy atom. The fourth-order valence-corrected chi connectivity index (χ4v) is 2.01. The summed E-state index contributed by atoms with van der Waals surface area (Å²) in [5, 5.41) is 3.99. The molecule has 0 unspecified atom stereocenters. The third-order valence-corrected chi connectivity index (χ3v) is 2.99. The monoisotopic (exact) mass is 275 g/mol. The zero-order chi connectivity index (χ0) is 13.7. The molecule has 17 heavy (non-hydrogen) atoms. The molecule has 0 fully saturated rings. The Hall–Kier alpha value is -0.626. The van der Waals surface area contributed by atoms with Crippen LogP contribution in [0.2, 0.25) is 39.3 Å². The molecule has 0 amide bonds. The van der Waals surface area contributed by atoms with E-state index < -0.39 is 16.6 Å². The molecule has 0 rings (SSSR count). The molecule has 0 aromatic heterocycles. The Kier molecular flexibility index (Phi) is 6.11. The summed E-state index contributed by atoms with van der Waals surface area (Å²) < 4.78 is 10.8. The van der Waals surface area contributed by atoms with Gasteiger partial charge in [0.2, 0.25) is 8.32 Å². The number of hydrogen-bond donors (Lipinski definition) is 0. The van der Waals surface area contributed by atoms with Crippen LogP contribution in [-0.4, -0.2) is 28.3 Å². The van der Waals surface area contributed by atoms with E-state index in [0.717, 1.165) is 6.42 Å². The molecule has 0 bridgehead atoms. The van der Waals surface area contributed by atoms with Gasteiger partial charge in [-0.2, -0.15) is 0 Å². The molecule has 0 aliphatic rings. The van der Waals surface area contributed by atoms with Crippen molar-refractivity contribution in [2.45, 2.75) is 59.0 Å². The average molecular weight is 275 g/mol. The molecule has 0 spiro atoms. The molecule has 100 valence electrons. The molecule has 0 N–H and O–H groups in total. The first kappa shape index (κ1) is 16.4. The molecule has 6 heteroatoms. The summed E-state index contributed by atoms with van der Waals surface area (Å²) in [5.74, 6) is -0.315. The van der Waals surface area contributed by atoms with Gasteiger partial charge in [-0.15, -0.1) is 0 Å². The van der Waals surface area contributed by atoms with E-state index in [4.69, 9.17) is 8.95 Å². The van der Waals surface area contributed by atoms with Crippen LogP contribution in [0.3, 0.4) is 0 Å². The van der Waals surface area contributed by atoms with Crippen LogP contribution in [0.25, 0.3) is 0 Å². The first-order chi connectivity index (χ1) is 7.55. The largest absolute Gasteiger partial charge is 0.515 e. The Labute approximate surface area is 107 Å². The molecule has 0 heterocycles. The standard InChI is InChI=1S/C11H25NO3Si2/c1-8-9-10(12-15-17(5,6)7)11(13)14-16(2,3)4/h8-9H2,1-7H3/b12-10+. The molecule has 0 saturated carbocycles. The maximum Gasteiger partial charge on any atom is 0.342 e. The maximum atomic E-state index is 11.9. The van der Waals surface area contributed by atoms with Gasteiger partial charge in [0.25, 0.3) is 8.32 Å². The zero-order valence-corrected chi connectivity index (χ0v) is 14.1. The van der Waals surface area contributed by atoms with E-state index in [0.29, 0.717) is 12.1 Å². The van der Waals surface area contributed by atoms with Gasteiger partial charge in [-0.25, -0.2) is 4.79 Å². The third kappa shape index (κ3) is 9.11. The van der Waals surface area contributed by atoms with Crippen LogP contribution in [0.15, 0.2) is 5.16 Å². The average Bonchev–Trinajstić information content (AvgIpc) is 2.07. The number of oxime groups is 1. The summed E-state index contributed by atoms with van der Waals surface area (Å²) in [4.78, 5) is 11.9. The molecule has 0 aliphatic heterocycles. The van der Waals surface area contributed by atoms with Crippen molar-refractivity contribution in [1.29, 1.82) is 0 Å². The van der Waals surface area contributed by atoms with Crippen molar-refractivity contribution < 1.29 is 13.7 Å². The lowest BCUT2D eigenvalue weighted by atomic mass is 10.2. The molecular formula is C11H25NO3Si2. The second kappa shape index (κ2) is 6.35. The van der Waals surface area contributed by atoms with E-state index in [1.54, 1.807) is 0 Å². The minimum absolute atomic E-state index is 0.315. The lowest BCUT2D eigenvalue weighted by molar-refractivity contribution is -0.127. The van der Waals surface area contributed by atoms with Gasteiger partial charge in [0, 0.05) is 6.42 Å². The van der Waals surface area contributed by atoms with Gasteiger partial charge in [0.15, 0.2) is 5.71 Å². The van der Waals surface area contributed by atoms with Crippen LogP contribution in [-0.2, 0) is 13.7 Å². The fourth-order valence-electron chi connectivity index (χ4n) is 0.951. The molecule has 0 aromatic rings. The topological polar surface area (TPSA) is 47.9 Å². The number of hydrogen-bond acceptors (Lipinski definition) is 4. The van der Waals surface area contributed by atoms with E-state index in [1.165, 1.54) is 0 Å². The van der Waals surface area contributed by atoms with Gasteiger partial charge in [0.05, 0.1) is 0 Å². The molecule has 0 aliphatic carbocycles. The van der Waals surface area contributed by atoms with Gasteiger partial charge in [-0.3, -0.25) is 0 Å². The lowest BCUT2D eigenvalue weighted by Gasteiger charge is -2.19. The fraction of sp³-hybridized carbons (Fsp3) is 0.818. The summed E-state index contributed by atoms with van der Waals surface area (Å²) in [6, 6.07) is 0. The van der Waals surface area contributed by atoms with E-state index in [2.05, 4.69) is 5.16 Å². The quantitative estimate of drug-likeness (QED) is 0.424. The molecule has 0 atom stereocenters. The zero-order valence-electron chi connectivity index (χ0n) is 12.1. The van der Waals surface area contributed by atoms with Crippen LogP contribution >= 0.6 is 0 Å². The van der Waals surface area contributed by atoms with Gasteiger partial charge in [-0.05, 0) is 39.3 Å². The third-order valence-electron chi connectivity index (χ3n) is 1.55. The number of carbonyl (C=O) groups is 1. The first-order valence-corrected chi connectivity index (χ1v) is 12.8. The van der Waals surface area contributed by atoms with Crippen LogP contribution in [0.4, 0.5) is 0 Å². The van der Waals surface area contributed by atoms with Gasteiger partial charge in [-0.1, -0.05) is 18.5 Å². The van der Waals surface area contributed by atoms with E-state index >= 15 is 0 Å². The number of nitrogens with zero attached hydrogens (tertiary/aromatic N) is 1. The second-order valence-corrected chi connectivity index (χ2v) is 14.8. The van der Waals surface area contributed by atoms with E-state index in [-0.39, 0.29) is 5.97 Å². The lowest BCUT2D eigenvalue weighted by Crippen LogP contribution is -2.34.